The van der Waals surface area contributed by atoms with Crippen LogP contribution in [0.25, 0.3) is 0 Å². The van der Waals surface area contributed by atoms with E-state index >= 15 is 0 Å². The summed E-state index contributed by atoms with van der Waals surface area (Å²) in [5, 5.41) is 0. The molecule has 0 aliphatic rings. The van der Waals surface area contributed by atoms with E-state index in [-0.39, 0.29) is 0 Å². The second-order valence-electron chi connectivity index (χ2n) is 4.48. The minimum atomic E-state index is -4.29. The van der Waals surface area contributed by atoms with E-state index in [0.29, 0.717) is 6.42 Å². The fourth-order valence-electron chi connectivity index (χ4n) is 1.98. The van der Waals surface area contributed by atoms with Crippen LogP contribution in [0.4, 0.5) is 13.2 Å². The average molecular weight is 280 g/mol. The minimum absolute atomic E-state index is 0.570. The van der Waals surface area contributed by atoms with Crippen LogP contribution >= 0.6 is 11.3 Å². The molecule has 0 saturated heterocycles. The van der Waals surface area contributed by atoms with Gasteiger partial charge in [-0.1, -0.05) is 17.6 Å². The molecule has 5 heteroatoms. The number of hydrogen-bond donors (Lipinski definition) is 0. The molecule has 0 bridgehead atoms. The number of rotatable bonds is 2. The highest BCUT2D eigenvalue weighted by atomic mass is 32.1. The van der Waals surface area contributed by atoms with Crippen molar-refractivity contribution in [2.45, 2.75) is 26.4 Å². The molecular weight excluding hydrogens is 268 g/mol. The maximum absolute atomic E-state index is 12.5. The van der Waals surface area contributed by atoms with Crippen molar-refractivity contribution in [2.24, 2.45) is 0 Å². The smallest absolute Gasteiger partial charge is 0.166 e. The molecule has 19 heavy (non-hydrogen) atoms. The van der Waals surface area contributed by atoms with Gasteiger partial charge >= 0.3 is 6.18 Å². The van der Waals surface area contributed by atoms with E-state index in [1.165, 1.54) is 12.1 Å². The molecule has 0 atom stereocenters. The van der Waals surface area contributed by atoms with Gasteiger partial charge in [0.2, 0.25) is 0 Å². The van der Waals surface area contributed by atoms with Crippen molar-refractivity contribution in [3.63, 3.8) is 0 Å². The second-order valence-corrected chi connectivity index (χ2v) is 5.91. The Morgan fingerprint density at radius 3 is 2.05 bits per heavy atom. The van der Waals surface area contributed by atoms with Crippen LogP contribution in [0.2, 0.25) is 0 Å². The Kier molecular flexibility index (Phi) is 3.77. The molecule has 1 aromatic carbocycles. The number of hydrogen-bond acceptors (Lipinski definition) is 1. The third-order valence-corrected chi connectivity index (χ3v) is 4.18. The maximum Gasteiger partial charge on any atom is 0.416 e. The zero-order valence-corrected chi connectivity index (χ0v) is 11.5. The van der Waals surface area contributed by atoms with Gasteiger partial charge in [-0.2, -0.15) is 13.2 Å². The fraction of sp³-hybridized carbons (Fsp3) is 0.286. The highest BCUT2D eigenvalue weighted by Crippen LogP contribution is 2.29. The molecule has 0 amide bonds. The summed E-state index contributed by atoms with van der Waals surface area (Å²) < 4.78 is 37.4. The van der Waals surface area contributed by atoms with E-state index in [4.69, 9.17) is 7.85 Å². The van der Waals surface area contributed by atoms with Crippen molar-refractivity contribution in [2.75, 3.05) is 0 Å². The monoisotopic (exact) mass is 280 g/mol. The molecule has 0 saturated carbocycles. The summed E-state index contributed by atoms with van der Waals surface area (Å²) in [6.45, 7) is 3.93. The predicted molar refractivity (Wildman–Crippen MR) is 73.4 cm³/mol. The number of thiophene rings is 1. The summed E-state index contributed by atoms with van der Waals surface area (Å²) in [5.41, 5.74) is 1.98. The summed E-state index contributed by atoms with van der Waals surface area (Å²) in [6.07, 6.45) is -3.72. The van der Waals surface area contributed by atoms with Gasteiger partial charge in [-0.15, -0.1) is 11.3 Å². The average Bonchev–Trinajstić information content (AvgIpc) is 2.56. The Morgan fingerprint density at radius 2 is 1.63 bits per heavy atom. The third kappa shape index (κ3) is 3.03. The summed E-state index contributed by atoms with van der Waals surface area (Å²) in [6, 6.07) is 5.24. The van der Waals surface area contributed by atoms with Crippen LogP contribution in [-0.2, 0) is 12.6 Å². The van der Waals surface area contributed by atoms with Crippen molar-refractivity contribution in [3.8, 4) is 0 Å². The number of benzene rings is 1. The van der Waals surface area contributed by atoms with Gasteiger partial charge in [0.15, 0.2) is 0 Å². The van der Waals surface area contributed by atoms with Crippen LogP contribution in [0.5, 0.6) is 0 Å². The van der Waals surface area contributed by atoms with Crippen molar-refractivity contribution in [3.05, 3.63) is 50.7 Å². The SMILES string of the molecule is [B]c1c(C)sc(C)c1Cc1ccc(C(F)(F)F)cc1. The molecule has 0 aliphatic heterocycles. The van der Waals surface area contributed by atoms with Gasteiger partial charge in [0.25, 0.3) is 0 Å². The van der Waals surface area contributed by atoms with E-state index in [0.717, 1.165) is 38.5 Å². The lowest BCUT2D eigenvalue weighted by molar-refractivity contribution is -0.137. The first kappa shape index (κ1) is 14.2. The molecule has 98 valence electrons. The van der Waals surface area contributed by atoms with Crippen LogP contribution in [0, 0.1) is 13.8 Å². The summed E-state index contributed by atoms with van der Waals surface area (Å²) in [5.74, 6) is 0. The summed E-state index contributed by atoms with van der Waals surface area (Å²) in [7, 11) is 5.98. The standard InChI is InChI=1S/C14H12BF3S/c1-8-12(13(15)9(2)19-8)7-10-3-5-11(6-4-10)14(16,17)18/h3-6H,7H2,1-2H3. The van der Waals surface area contributed by atoms with Crippen molar-refractivity contribution >= 4 is 24.6 Å². The third-order valence-electron chi connectivity index (χ3n) is 3.10. The molecule has 2 rings (SSSR count). The van der Waals surface area contributed by atoms with Gasteiger partial charge < -0.3 is 0 Å². The molecule has 0 nitrogen and oxygen atoms in total. The quantitative estimate of drug-likeness (QED) is 0.735. The van der Waals surface area contributed by atoms with Gasteiger partial charge in [0.1, 0.15) is 7.85 Å². The highest BCUT2D eigenvalue weighted by Gasteiger charge is 2.29. The lowest BCUT2D eigenvalue weighted by atomic mass is 9.88. The van der Waals surface area contributed by atoms with E-state index < -0.39 is 11.7 Å². The Hall–Kier alpha value is -1.23. The van der Waals surface area contributed by atoms with Crippen molar-refractivity contribution in [1.82, 2.24) is 0 Å². The Labute approximate surface area is 115 Å². The zero-order valence-electron chi connectivity index (χ0n) is 10.6. The minimum Gasteiger partial charge on any atom is -0.166 e. The topological polar surface area (TPSA) is 0 Å². The Morgan fingerprint density at radius 1 is 1.05 bits per heavy atom. The zero-order chi connectivity index (χ0) is 14.2. The first-order valence-electron chi connectivity index (χ1n) is 5.79. The molecule has 0 N–H and O–H groups in total. The van der Waals surface area contributed by atoms with E-state index in [1.807, 2.05) is 13.8 Å². The van der Waals surface area contributed by atoms with E-state index in [2.05, 4.69) is 0 Å². The lowest BCUT2D eigenvalue weighted by Gasteiger charge is -2.08. The van der Waals surface area contributed by atoms with E-state index in [9.17, 15) is 13.2 Å². The molecule has 2 aromatic rings. The molecule has 0 unspecified atom stereocenters. The number of alkyl halides is 3. The largest absolute Gasteiger partial charge is 0.416 e. The highest BCUT2D eigenvalue weighted by molar-refractivity contribution is 7.13. The molecule has 1 aromatic heterocycles. The maximum atomic E-state index is 12.5. The van der Waals surface area contributed by atoms with Crippen LogP contribution < -0.4 is 5.46 Å². The van der Waals surface area contributed by atoms with Crippen LogP contribution in [0.3, 0.4) is 0 Å². The van der Waals surface area contributed by atoms with Gasteiger partial charge in [-0.3, -0.25) is 0 Å². The predicted octanol–water partition coefficient (Wildman–Crippen LogP) is 3.77. The second kappa shape index (κ2) is 5.04. The Bertz CT molecular complexity index is 582. The normalized spacial score (nSPS) is 11.8. The molecule has 0 spiro atoms. The molecule has 1 heterocycles. The van der Waals surface area contributed by atoms with E-state index in [1.54, 1.807) is 11.3 Å². The summed E-state index contributed by atoms with van der Waals surface area (Å²) >= 11 is 1.62. The summed E-state index contributed by atoms with van der Waals surface area (Å²) in [4.78, 5) is 2.18. The molecule has 2 radical (unpaired) electrons. The molecule has 0 aliphatic carbocycles. The van der Waals surface area contributed by atoms with Gasteiger partial charge in [0, 0.05) is 4.88 Å². The van der Waals surface area contributed by atoms with Gasteiger partial charge in [-0.25, -0.2) is 0 Å². The van der Waals surface area contributed by atoms with Crippen LogP contribution in [-0.4, -0.2) is 7.85 Å². The lowest BCUT2D eigenvalue weighted by Crippen LogP contribution is -2.10. The number of halogens is 3. The first-order chi connectivity index (χ1) is 8.79. The van der Waals surface area contributed by atoms with Gasteiger partial charge in [0.05, 0.1) is 5.56 Å². The van der Waals surface area contributed by atoms with Crippen molar-refractivity contribution < 1.29 is 13.2 Å². The van der Waals surface area contributed by atoms with Crippen LogP contribution in [0.1, 0.15) is 26.4 Å². The van der Waals surface area contributed by atoms with Gasteiger partial charge in [-0.05, 0) is 48.4 Å². The molecular formula is C14H12BF3S. The first-order valence-corrected chi connectivity index (χ1v) is 6.61. The number of aryl methyl sites for hydroxylation is 2. The fourth-order valence-corrected chi connectivity index (χ4v) is 2.98. The Balaban J connectivity index is 2.25. The van der Waals surface area contributed by atoms with Crippen molar-refractivity contribution in [1.29, 1.82) is 0 Å². The molecule has 0 fully saturated rings. The van der Waals surface area contributed by atoms with Crippen LogP contribution in [0.15, 0.2) is 24.3 Å².